The number of aliphatic hydroxyl groups excluding tert-OH is 1. The molecule has 190 valence electrons. The summed E-state index contributed by atoms with van der Waals surface area (Å²) >= 11 is 0. The van der Waals surface area contributed by atoms with Gasteiger partial charge in [0.1, 0.15) is 12.1 Å². The van der Waals surface area contributed by atoms with Crippen LogP contribution < -0.4 is 5.32 Å². The number of aliphatic hydroxyl groups is 2. The quantitative estimate of drug-likeness (QED) is 0.545. The number of hydrogen-bond donors (Lipinski definition) is 3. The summed E-state index contributed by atoms with van der Waals surface area (Å²) in [4.78, 5) is 27.1. The zero-order valence-electron chi connectivity index (χ0n) is 19.1. The Morgan fingerprint density at radius 1 is 1.17 bits per heavy atom. The Bertz CT molecular complexity index is 1240. The molecule has 0 saturated carbocycles. The Balaban J connectivity index is 1.93. The van der Waals surface area contributed by atoms with Crippen molar-refractivity contribution in [2.75, 3.05) is 11.6 Å². The number of carbonyl (C=O) groups is 2. The number of alkyl halides is 3. The largest absolute Gasteiger partial charge is 0.421 e. The van der Waals surface area contributed by atoms with Gasteiger partial charge in [0.2, 0.25) is 0 Å². The Labute approximate surface area is 200 Å². The van der Waals surface area contributed by atoms with Crippen molar-refractivity contribution in [3.63, 3.8) is 0 Å². The molecule has 2 aromatic rings. The van der Waals surface area contributed by atoms with Crippen LogP contribution in [0.1, 0.15) is 43.0 Å². The van der Waals surface area contributed by atoms with E-state index in [1.165, 1.54) is 30.3 Å². The second-order valence-electron chi connectivity index (χ2n) is 8.56. The van der Waals surface area contributed by atoms with Crippen LogP contribution in [0.25, 0.3) is 0 Å². The molecule has 0 fully saturated rings. The maximum atomic E-state index is 13.2. The SMILES string of the molecule is CC[C@@H](O)C(=O)N1Cc2cc(S(C)(=O)=O)ccc2C1C(=O)Nc1ccc(C(C)(O)C(F)(F)F)cc1. The fourth-order valence-electron chi connectivity index (χ4n) is 3.77. The van der Waals surface area contributed by atoms with Crippen molar-refractivity contribution < 1.29 is 41.4 Å². The topological polar surface area (TPSA) is 124 Å². The van der Waals surface area contributed by atoms with Crippen LogP contribution in [0.5, 0.6) is 0 Å². The lowest BCUT2D eigenvalue weighted by atomic mass is 9.95. The van der Waals surface area contributed by atoms with Crippen LogP contribution in [0.2, 0.25) is 0 Å². The van der Waals surface area contributed by atoms with E-state index in [1.54, 1.807) is 6.92 Å². The van der Waals surface area contributed by atoms with Crippen LogP contribution >= 0.6 is 0 Å². The number of halogens is 3. The smallest absolute Gasteiger partial charge is 0.383 e. The van der Waals surface area contributed by atoms with E-state index >= 15 is 0 Å². The van der Waals surface area contributed by atoms with E-state index < -0.39 is 51.1 Å². The Morgan fingerprint density at radius 3 is 2.29 bits per heavy atom. The molecule has 1 aliphatic rings. The van der Waals surface area contributed by atoms with Gasteiger partial charge in [-0.3, -0.25) is 9.59 Å². The van der Waals surface area contributed by atoms with Crippen LogP contribution in [0.3, 0.4) is 0 Å². The lowest BCUT2D eigenvalue weighted by Crippen LogP contribution is -2.42. The number of rotatable bonds is 6. The van der Waals surface area contributed by atoms with E-state index in [-0.39, 0.29) is 23.5 Å². The number of nitrogens with zero attached hydrogens (tertiary/aromatic N) is 1. The molecule has 1 heterocycles. The van der Waals surface area contributed by atoms with Gasteiger partial charge in [0.05, 0.1) is 4.90 Å². The average molecular weight is 515 g/mol. The molecule has 2 unspecified atom stereocenters. The van der Waals surface area contributed by atoms with Crippen molar-refractivity contribution in [1.82, 2.24) is 4.90 Å². The van der Waals surface area contributed by atoms with Gasteiger partial charge in [-0.25, -0.2) is 8.42 Å². The molecule has 0 bridgehead atoms. The molecule has 0 aromatic heterocycles. The first-order valence-electron chi connectivity index (χ1n) is 10.6. The van der Waals surface area contributed by atoms with Crippen LogP contribution in [-0.4, -0.2) is 53.9 Å². The number of benzene rings is 2. The summed E-state index contributed by atoms with van der Waals surface area (Å²) in [5.41, 5.74) is -2.62. The number of sulfone groups is 1. The highest BCUT2D eigenvalue weighted by molar-refractivity contribution is 7.90. The van der Waals surface area contributed by atoms with Gasteiger partial charge in [-0.2, -0.15) is 13.2 Å². The molecule has 0 saturated heterocycles. The van der Waals surface area contributed by atoms with E-state index in [1.807, 2.05) is 0 Å². The summed E-state index contributed by atoms with van der Waals surface area (Å²) in [5, 5.41) is 22.4. The maximum absolute atomic E-state index is 13.2. The highest BCUT2D eigenvalue weighted by Crippen LogP contribution is 2.39. The monoisotopic (exact) mass is 514 g/mol. The van der Waals surface area contributed by atoms with Crippen molar-refractivity contribution in [1.29, 1.82) is 0 Å². The molecule has 0 aliphatic carbocycles. The minimum atomic E-state index is -4.91. The Kier molecular flexibility index (Phi) is 7.04. The standard InChI is InChI=1S/C23H25F3N2O6S/c1-4-18(29)21(31)28-12-13-11-16(35(3,33)34)9-10-17(13)19(28)20(30)27-15-7-5-14(6-8-15)22(2,32)23(24,25)26/h5-11,18-19,29,32H,4,12H2,1-3H3,(H,27,30)/t18-,19?,22?/m1/s1. The van der Waals surface area contributed by atoms with Crippen LogP contribution in [0.4, 0.5) is 18.9 Å². The third-order valence-corrected chi connectivity index (χ3v) is 7.07. The van der Waals surface area contributed by atoms with Gasteiger partial charge in [0, 0.05) is 18.5 Å². The minimum Gasteiger partial charge on any atom is -0.383 e. The Morgan fingerprint density at radius 2 is 1.77 bits per heavy atom. The van der Waals surface area contributed by atoms with Crippen molar-refractivity contribution in [2.45, 2.75) is 55.6 Å². The van der Waals surface area contributed by atoms with Gasteiger partial charge in [-0.05, 0) is 54.3 Å². The van der Waals surface area contributed by atoms with Crippen LogP contribution in [0.15, 0.2) is 47.4 Å². The first-order chi connectivity index (χ1) is 16.1. The minimum absolute atomic E-state index is 0.00746. The third kappa shape index (κ3) is 5.19. The molecule has 35 heavy (non-hydrogen) atoms. The lowest BCUT2D eigenvalue weighted by Gasteiger charge is -2.27. The highest BCUT2D eigenvalue weighted by Gasteiger charge is 2.51. The van der Waals surface area contributed by atoms with Gasteiger partial charge in [0.25, 0.3) is 11.8 Å². The second-order valence-corrected chi connectivity index (χ2v) is 10.6. The number of nitrogens with one attached hydrogen (secondary N) is 1. The Hall–Kier alpha value is -2.96. The van der Waals surface area contributed by atoms with Crippen molar-refractivity contribution in [2.24, 2.45) is 0 Å². The zero-order chi connectivity index (χ0) is 26.3. The van der Waals surface area contributed by atoms with Crippen LogP contribution in [-0.2, 0) is 31.6 Å². The summed E-state index contributed by atoms with van der Waals surface area (Å²) in [6.45, 7) is 2.09. The van der Waals surface area contributed by atoms with Gasteiger partial charge in [0.15, 0.2) is 15.4 Å². The number of carbonyl (C=O) groups excluding carboxylic acids is 2. The van der Waals surface area contributed by atoms with Crippen molar-refractivity contribution in [3.05, 3.63) is 59.2 Å². The van der Waals surface area contributed by atoms with Crippen molar-refractivity contribution >= 4 is 27.3 Å². The molecule has 1 aliphatic heterocycles. The van der Waals surface area contributed by atoms with Gasteiger partial charge >= 0.3 is 6.18 Å². The maximum Gasteiger partial charge on any atom is 0.421 e. The van der Waals surface area contributed by atoms with Gasteiger partial charge in [-0.15, -0.1) is 0 Å². The van der Waals surface area contributed by atoms with Gasteiger partial charge in [-0.1, -0.05) is 25.1 Å². The normalized spacial score (nSPS) is 18.5. The number of anilines is 1. The predicted molar refractivity (Wildman–Crippen MR) is 120 cm³/mol. The first kappa shape index (κ1) is 26.6. The summed E-state index contributed by atoms with van der Waals surface area (Å²) in [6.07, 6.45) is -5.16. The van der Waals surface area contributed by atoms with Crippen LogP contribution in [0, 0.1) is 0 Å². The molecule has 0 spiro atoms. The summed E-state index contributed by atoms with van der Waals surface area (Å²) in [5.74, 6) is -1.43. The molecule has 3 rings (SSSR count). The lowest BCUT2D eigenvalue weighted by molar-refractivity contribution is -0.258. The number of fused-ring (bicyclic) bond motifs is 1. The molecule has 0 radical (unpaired) electrons. The molecule has 3 atom stereocenters. The molecule has 12 heteroatoms. The van der Waals surface area contributed by atoms with E-state index in [9.17, 15) is 41.4 Å². The summed E-state index contributed by atoms with van der Waals surface area (Å²) < 4.78 is 63.1. The van der Waals surface area contributed by atoms with Gasteiger partial charge < -0.3 is 20.4 Å². The fraction of sp³-hybridized carbons (Fsp3) is 0.391. The molecule has 8 nitrogen and oxygen atoms in total. The number of hydrogen-bond acceptors (Lipinski definition) is 6. The zero-order valence-corrected chi connectivity index (χ0v) is 19.9. The average Bonchev–Trinajstić information content (AvgIpc) is 3.16. The van der Waals surface area contributed by atoms with Crippen molar-refractivity contribution in [3.8, 4) is 0 Å². The summed E-state index contributed by atoms with van der Waals surface area (Å²) in [7, 11) is -3.55. The molecule has 2 amide bonds. The molecule has 2 aromatic carbocycles. The molecular weight excluding hydrogens is 489 g/mol. The van der Waals surface area contributed by atoms with E-state index in [4.69, 9.17) is 0 Å². The van der Waals surface area contributed by atoms with E-state index in [2.05, 4.69) is 5.32 Å². The third-order valence-electron chi connectivity index (χ3n) is 5.96. The summed E-state index contributed by atoms with van der Waals surface area (Å²) in [6, 6.07) is 7.31. The molecular formula is C23H25F3N2O6S. The highest BCUT2D eigenvalue weighted by atomic mass is 32.2. The first-order valence-corrected chi connectivity index (χ1v) is 12.5. The fourth-order valence-corrected chi connectivity index (χ4v) is 4.44. The van der Waals surface area contributed by atoms with E-state index in [0.29, 0.717) is 18.1 Å². The number of amides is 2. The van der Waals surface area contributed by atoms with E-state index in [0.717, 1.165) is 23.3 Å². The molecule has 3 N–H and O–H groups in total. The second kappa shape index (κ2) is 9.25. The predicted octanol–water partition coefficient (Wildman–Crippen LogP) is 2.65.